The van der Waals surface area contributed by atoms with E-state index in [4.69, 9.17) is 0 Å². The fourth-order valence-corrected chi connectivity index (χ4v) is 7.94. The zero-order valence-electron chi connectivity index (χ0n) is 32.9. The number of rotatable bonds is 9. The van der Waals surface area contributed by atoms with E-state index in [1.807, 2.05) is 55.0 Å². The van der Waals surface area contributed by atoms with E-state index in [0.717, 1.165) is 101 Å². The van der Waals surface area contributed by atoms with Gasteiger partial charge < -0.3 is 0 Å². The van der Waals surface area contributed by atoms with Crippen molar-refractivity contribution in [2.75, 3.05) is 0 Å². The Morgan fingerprint density at radius 3 is 0.600 bits per heavy atom. The molecular formula is C57H39N3. The van der Waals surface area contributed by atoms with Crippen LogP contribution in [-0.2, 0) is 0 Å². The molecule has 3 heteroatoms. The Kier molecular flexibility index (Phi) is 9.97. The van der Waals surface area contributed by atoms with Gasteiger partial charge in [0.05, 0.1) is 17.1 Å². The normalized spacial score (nSPS) is 11.0. The third kappa shape index (κ3) is 7.80. The Morgan fingerprint density at radius 1 is 0.167 bits per heavy atom. The van der Waals surface area contributed by atoms with E-state index in [2.05, 4.69) is 197 Å². The van der Waals surface area contributed by atoms with E-state index in [1.165, 1.54) is 0 Å². The maximum atomic E-state index is 4.61. The lowest BCUT2D eigenvalue weighted by Crippen LogP contribution is -1.89. The number of hydrogen-bond acceptors (Lipinski definition) is 3. The molecular weight excluding hydrogens is 727 g/mol. The Labute approximate surface area is 351 Å². The summed E-state index contributed by atoms with van der Waals surface area (Å²) in [6.45, 7) is 0. The molecule has 0 aliphatic heterocycles. The fourth-order valence-electron chi connectivity index (χ4n) is 7.94. The van der Waals surface area contributed by atoms with Crippen LogP contribution in [0.2, 0.25) is 0 Å². The fraction of sp³-hybridized carbons (Fsp3) is 0. The molecule has 0 unspecified atom stereocenters. The van der Waals surface area contributed by atoms with Gasteiger partial charge in [-0.25, -0.2) is 0 Å². The molecule has 0 bridgehead atoms. The number of nitrogens with zero attached hydrogens (tertiary/aromatic N) is 3. The summed E-state index contributed by atoms with van der Waals surface area (Å²) < 4.78 is 0. The molecule has 0 aliphatic rings. The van der Waals surface area contributed by atoms with E-state index in [-0.39, 0.29) is 0 Å². The van der Waals surface area contributed by atoms with Crippen molar-refractivity contribution in [3.05, 3.63) is 237 Å². The zero-order valence-corrected chi connectivity index (χ0v) is 32.9. The molecule has 0 saturated heterocycles. The Morgan fingerprint density at radius 2 is 0.367 bits per heavy atom. The molecule has 10 rings (SSSR count). The van der Waals surface area contributed by atoms with Crippen molar-refractivity contribution in [3.63, 3.8) is 0 Å². The van der Waals surface area contributed by atoms with E-state index >= 15 is 0 Å². The van der Waals surface area contributed by atoms with Crippen LogP contribution in [0.4, 0.5) is 0 Å². The lowest BCUT2D eigenvalue weighted by Gasteiger charge is -2.14. The predicted octanol–water partition coefficient (Wildman–Crippen LogP) is 14.9. The number of hydrogen-bond donors (Lipinski definition) is 0. The van der Waals surface area contributed by atoms with Crippen LogP contribution >= 0.6 is 0 Å². The van der Waals surface area contributed by atoms with Crippen LogP contribution in [0.1, 0.15) is 0 Å². The summed E-state index contributed by atoms with van der Waals surface area (Å²) in [4.78, 5) is 13.8. The van der Waals surface area contributed by atoms with Crippen LogP contribution in [0.3, 0.4) is 0 Å². The van der Waals surface area contributed by atoms with Crippen LogP contribution < -0.4 is 0 Å². The summed E-state index contributed by atoms with van der Waals surface area (Å²) >= 11 is 0. The van der Waals surface area contributed by atoms with Crippen LogP contribution in [-0.4, -0.2) is 15.0 Å². The van der Waals surface area contributed by atoms with Gasteiger partial charge in [0, 0.05) is 35.3 Å². The van der Waals surface area contributed by atoms with Gasteiger partial charge in [0.25, 0.3) is 0 Å². The first-order valence-corrected chi connectivity index (χ1v) is 20.2. The Hall–Kier alpha value is -8.01. The van der Waals surface area contributed by atoms with Crippen LogP contribution in [0.25, 0.3) is 101 Å². The molecule has 10 aromatic rings. The lowest BCUT2D eigenvalue weighted by molar-refractivity contribution is 1.33. The summed E-state index contributed by atoms with van der Waals surface area (Å²) in [6.07, 6.45) is 5.53. The highest BCUT2D eigenvalue weighted by Crippen LogP contribution is 2.38. The predicted molar refractivity (Wildman–Crippen MR) is 249 cm³/mol. The van der Waals surface area contributed by atoms with Gasteiger partial charge >= 0.3 is 0 Å². The van der Waals surface area contributed by atoms with Gasteiger partial charge in [-0.15, -0.1) is 0 Å². The monoisotopic (exact) mass is 765 g/mol. The standard InChI is InChI=1S/C57H39N3/c1-4-28-58-55(25-1)49-22-10-16-43(34-49)40-13-7-19-46(31-40)52-37-53(47-20-8-14-41(32-47)44-17-11-23-50(35-44)56-26-2-5-29-59-56)39-54(38-52)48-21-9-15-42(33-48)45-18-12-24-51(36-45)57-27-3-6-30-60-57/h1-39H. The smallest absolute Gasteiger partial charge is 0.0702 e. The van der Waals surface area contributed by atoms with Crippen molar-refractivity contribution in [2.45, 2.75) is 0 Å². The molecule has 3 heterocycles. The Bertz CT molecular complexity index is 2740. The van der Waals surface area contributed by atoms with E-state index < -0.39 is 0 Å². The second-order valence-corrected chi connectivity index (χ2v) is 14.9. The van der Waals surface area contributed by atoms with Crippen LogP contribution in [0, 0.1) is 0 Å². The minimum absolute atomic E-state index is 0.962. The molecule has 0 aliphatic carbocycles. The van der Waals surface area contributed by atoms with Crippen molar-refractivity contribution in [1.29, 1.82) is 0 Å². The quantitative estimate of drug-likeness (QED) is 0.147. The molecule has 0 N–H and O–H groups in total. The highest BCUT2D eigenvalue weighted by atomic mass is 14.7. The average molecular weight is 766 g/mol. The molecule has 0 fully saturated rings. The van der Waals surface area contributed by atoms with Gasteiger partial charge in [0.15, 0.2) is 0 Å². The summed E-state index contributed by atoms with van der Waals surface area (Å²) in [6, 6.07) is 77.7. The van der Waals surface area contributed by atoms with Gasteiger partial charge in [-0.3, -0.25) is 15.0 Å². The van der Waals surface area contributed by atoms with E-state index in [0.29, 0.717) is 0 Å². The van der Waals surface area contributed by atoms with Crippen molar-refractivity contribution in [3.8, 4) is 101 Å². The lowest BCUT2D eigenvalue weighted by atomic mass is 9.90. The van der Waals surface area contributed by atoms with Crippen molar-refractivity contribution >= 4 is 0 Å². The van der Waals surface area contributed by atoms with Gasteiger partial charge in [-0.1, -0.05) is 127 Å². The third-order valence-corrected chi connectivity index (χ3v) is 11.0. The number of aromatic nitrogens is 3. The highest BCUT2D eigenvalue weighted by molar-refractivity contribution is 5.86. The Balaban J connectivity index is 1.07. The molecule has 60 heavy (non-hydrogen) atoms. The minimum Gasteiger partial charge on any atom is -0.256 e. The van der Waals surface area contributed by atoms with Gasteiger partial charge in [0.2, 0.25) is 0 Å². The van der Waals surface area contributed by atoms with Crippen molar-refractivity contribution in [1.82, 2.24) is 15.0 Å². The maximum Gasteiger partial charge on any atom is 0.0702 e. The number of pyridine rings is 3. The first-order chi connectivity index (χ1) is 29.7. The largest absolute Gasteiger partial charge is 0.256 e. The van der Waals surface area contributed by atoms with Crippen molar-refractivity contribution in [2.24, 2.45) is 0 Å². The third-order valence-electron chi connectivity index (χ3n) is 11.0. The highest BCUT2D eigenvalue weighted by Gasteiger charge is 2.13. The topological polar surface area (TPSA) is 38.7 Å². The summed E-state index contributed by atoms with van der Waals surface area (Å²) in [5.41, 5.74) is 20.0. The van der Waals surface area contributed by atoms with Crippen LogP contribution in [0.15, 0.2) is 237 Å². The second kappa shape index (κ2) is 16.5. The number of benzene rings is 7. The van der Waals surface area contributed by atoms with Gasteiger partial charge in [0.1, 0.15) is 0 Å². The zero-order chi connectivity index (χ0) is 40.1. The summed E-state index contributed by atoms with van der Waals surface area (Å²) in [5.74, 6) is 0. The molecule has 0 radical (unpaired) electrons. The first kappa shape index (κ1) is 36.3. The molecule has 3 nitrogen and oxygen atoms in total. The van der Waals surface area contributed by atoms with Gasteiger partial charge in [-0.05, 0) is 158 Å². The minimum atomic E-state index is 0.962. The van der Waals surface area contributed by atoms with Gasteiger partial charge in [-0.2, -0.15) is 0 Å². The average Bonchev–Trinajstić information content (AvgIpc) is 3.35. The first-order valence-electron chi connectivity index (χ1n) is 20.2. The molecule has 7 aromatic carbocycles. The molecule has 282 valence electrons. The summed E-state index contributed by atoms with van der Waals surface area (Å²) in [5, 5.41) is 0. The van der Waals surface area contributed by atoms with E-state index in [9.17, 15) is 0 Å². The van der Waals surface area contributed by atoms with Crippen LogP contribution in [0.5, 0.6) is 0 Å². The summed E-state index contributed by atoms with van der Waals surface area (Å²) in [7, 11) is 0. The van der Waals surface area contributed by atoms with E-state index in [1.54, 1.807) is 0 Å². The molecule has 0 saturated carbocycles. The van der Waals surface area contributed by atoms with Crippen molar-refractivity contribution < 1.29 is 0 Å². The SMILES string of the molecule is c1ccc(-c2cccc(-c3cccc(-c4cc(-c5cccc(-c6cccc(-c7ccccn7)c6)c5)cc(-c5cccc(-c6cccc(-c7ccccn7)c6)c5)c4)c3)c2)nc1. The molecule has 0 spiro atoms. The maximum absolute atomic E-state index is 4.61. The molecule has 3 aromatic heterocycles. The molecule has 0 atom stereocenters. The second-order valence-electron chi connectivity index (χ2n) is 14.9. The molecule has 0 amide bonds.